The highest BCUT2D eigenvalue weighted by Crippen LogP contribution is 2.20. The van der Waals surface area contributed by atoms with Crippen LogP contribution in [0.2, 0.25) is 0 Å². The second-order valence-electron chi connectivity index (χ2n) is 5.20. The van der Waals surface area contributed by atoms with Gasteiger partial charge in [-0.25, -0.2) is 0 Å². The van der Waals surface area contributed by atoms with Crippen molar-refractivity contribution in [1.82, 2.24) is 19.6 Å². The summed E-state index contributed by atoms with van der Waals surface area (Å²) in [6, 6.07) is 7.97. The third kappa shape index (κ3) is 2.35. The Hall–Kier alpha value is -2.43. The van der Waals surface area contributed by atoms with Crippen LogP contribution >= 0.6 is 0 Å². The lowest BCUT2D eigenvalue weighted by Gasteiger charge is -1.98. The monoisotopic (exact) mass is 282 g/mol. The maximum atomic E-state index is 12.6. The van der Waals surface area contributed by atoms with Crippen LogP contribution in [-0.2, 0) is 26.9 Å². The summed E-state index contributed by atoms with van der Waals surface area (Å²) in [5, 5.41) is 9.85. The molecule has 0 saturated carbocycles. The predicted octanol–water partition coefficient (Wildman–Crippen LogP) is 2.29. The molecule has 3 aromatic rings. The average molecular weight is 282 g/mol. The molecule has 0 saturated heterocycles. The minimum Gasteiger partial charge on any atom is -0.294 e. The summed E-state index contributed by atoms with van der Waals surface area (Å²) < 4.78 is 3.52. The van der Waals surface area contributed by atoms with Crippen molar-refractivity contribution in [3.63, 3.8) is 0 Å². The van der Waals surface area contributed by atoms with Crippen LogP contribution < -0.4 is 0 Å². The van der Waals surface area contributed by atoms with Crippen LogP contribution in [-0.4, -0.2) is 25.3 Å². The summed E-state index contributed by atoms with van der Waals surface area (Å²) in [6.45, 7) is 2.01. The van der Waals surface area contributed by atoms with E-state index in [1.54, 1.807) is 10.9 Å². The van der Waals surface area contributed by atoms with Gasteiger partial charge in [0.1, 0.15) is 0 Å². The van der Waals surface area contributed by atoms with Crippen LogP contribution in [0.25, 0.3) is 10.9 Å². The highest BCUT2D eigenvalue weighted by atomic mass is 16.1. The zero-order valence-electron chi connectivity index (χ0n) is 12.5. The van der Waals surface area contributed by atoms with Crippen LogP contribution in [0.4, 0.5) is 0 Å². The number of rotatable bonds is 4. The summed E-state index contributed by atoms with van der Waals surface area (Å²) in [4.78, 5) is 12.6. The molecule has 0 atom stereocenters. The average Bonchev–Trinajstić information content (AvgIpc) is 3.01. The van der Waals surface area contributed by atoms with Crippen molar-refractivity contribution >= 4 is 16.7 Å². The fourth-order valence-corrected chi connectivity index (χ4v) is 2.70. The molecule has 0 bridgehead atoms. The van der Waals surface area contributed by atoms with Crippen LogP contribution in [0.5, 0.6) is 0 Å². The number of hydrogen-bond donors (Lipinski definition) is 0. The number of fused-ring (bicyclic) bond motifs is 1. The molecular formula is C16H18N4O. The van der Waals surface area contributed by atoms with Crippen LogP contribution in [0.3, 0.4) is 0 Å². The Kier molecular flexibility index (Phi) is 3.33. The summed E-state index contributed by atoms with van der Waals surface area (Å²) in [5.41, 5.74) is 3.42. The lowest BCUT2D eigenvalue weighted by Crippen LogP contribution is -2.06. The molecule has 0 aliphatic rings. The first kappa shape index (κ1) is 13.5. The van der Waals surface area contributed by atoms with E-state index in [4.69, 9.17) is 0 Å². The molecule has 108 valence electrons. The van der Waals surface area contributed by atoms with Gasteiger partial charge < -0.3 is 0 Å². The van der Waals surface area contributed by atoms with E-state index in [1.165, 1.54) is 0 Å². The second-order valence-corrected chi connectivity index (χ2v) is 5.20. The maximum Gasteiger partial charge on any atom is 0.172 e. The minimum absolute atomic E-state index is 0.0730. The predicted molar refractivity (Wildman–Crippen MR) is 81.3 cm³/mol. The van der Waals surface area contributed by atoms with E-state index in [-0.39, 0.29) is 5.78 Å². The number of aryl methyl sites for hydroxylation is 3. The van der Waals surface area contributed by atoms with Gasteiger partial charge in [-0.3, -0.25) is 14.2 Å². The molecule has 0 fully saturated rings. The molecule has 5 nitrogen and oxygen atoms in total. The fraction of sp³-hybridized carbons (Fsp3) is 0.312. The van der Waals surface area contributed by atoms with Crippen molar-refractivity contribution in [3.8, 4) is 0 Å². The molecule has 1 aromatic carbocycles. The SMILES string of the molecule is CCc1nn(C)cc1C(=O)Cc1nn(C)c2ccccc12. The van der Waals surface area contributed by atoms with Crippen LogP contribution in [0.1, 0.15) is 28.7 Å². The highest BCUT2D eigenvalue weighted by molar-refractivity contribution is 6.00. The van der Waals surface area contributed by atoms with Gasteiger partial charge in [-0.1, -0.05) is 25.1 Å². The van der Waals surface area contributed by atoms with E-state index in [9.17, 15) is 4.79 Å². The van der Waals surface area contributed by atoms with Gasteiger partial charge in [-0.15, -0.1) is 0 Å². The lowest BCUT2D eigenvalue weighted by atomic mass is 10.0. The van der Waals surface area contributed by atoms with Gasteiger partial charge in [0, 0.05) is 25.7 Å². The van der Waals surface area contributed by atoms with Gasteiger partial charge in [0.25, 0.3) is 0 Å². The van der Waals surface area contributed by atoms with Crippen molar-refractivity contribution in [1.29, 1.82) is 0 Å². The van der Waals surface area contributed by atoms with Gasteiger partial charge in [0.15, 0.2) is 5.78 Å². The van der Waals surface area contributed by atoms with Crippen molar-refractivity contribution in [2.45, 2.75) is 19.8 Å². The Morgan fingerprint density at radius 2 is 1.90 bits per heavy atom. The second kappa shape index (κ2) is 5.16. The summed E-state index contributed by atoms with van der Waals surface area (Å²) in [5.74, 6) is 0.0730. The molecular weight excluding hydrogens is 264 g/mol. The van der Waals surface area contributed by atoms with E-state index in [1.807, 2.05) is 50.0 Å². The quantitative estimate of drug-likeness (QED) is 0.690. The third-order valence-electron chi connectivity index (χ3n) is 3.70. The Bertz CT molecular complexity index is 813. The number of para-hydroxylation sites is 1. The van der Waals surface area contributed by atoms with E-state index >= 15 is 0 Å². The molecule has 0 unspecified atom stereocenters. The van der Waals surface area contributed by atoms with Crippen molar-refractivity contribution in [2.24, 2.45) is 14.1 Å². The minimum atomic E-state index is 0.0730. The first-order chi connectivity index (χ1) is 10.1. The third-order valence-corrected chi connectivity index (χ3v) is 3.70. The van der Waals surface area contributed by atoms with E-state index in [0.717, 1.165) is 28.7 Å². The molecule has 5 heteroatoms. The van der Waals surface area contributed by atoms with Gasteiger partial charge in [0.05, 0.1) is 28.9 Å². The molecule has 0 amide bonds. The summed E-state index contributed by atoms with van der Waals surface area (Å²) in [6.07, 6.45) is 2.86. The molecule has 2 heterocycles. The number of benzene rings is 1. The number of Topliss-reactive ketones (excluding diaryl/α,β-unsaturated/α-hetero) is 1. The van der Waals surface area contributed by atoms with Crippen LogP contribution in [0.15, 0.2) is 30.5 Å². The Labute approximate surface area is 123 Å². The number of hydrogen-bond acceptors (Lipinski definition) is 3. The molecule has 21 heavy (non-hydrogen) atoms. The smallest absolute Gasteiger partial charge is 0.172 e. The first-order valence-corrected chi connectivity index (χ1v) is 7.06. The molecule has 0 N–H and O–H groups in total. The number of ketones is 1. The summed E-state index contributed by atoms with van der Waals surface area (Å²) in [7, 11) is 3.74. The molecule has 0 radical (unpaired) electrons. The van der Waals surface area contributed by atoms with Gasteiger partial charge in [-0.05, 0) is 12.5 Å². The van der Waals surface area contributed by atoms with Crippen molar-refractivity contribution in [2.75, 3.05) is 0 Å². The Balaban J connectivity index is 1.96. The zero-order valence-corrected chi connectivity index (χ0v) is 12.5. The largest absolute Gasteiger partial charge is 0.294 e. The molecule has 0 aliphatic heterocycles. The molecule has 3 rings (SSSR count). The highest BCUT2D eigenvalue weighted by Gasteiger charge is 2.18. The van der Waals surface area contributed by atoms with Gasteiger partial charge >= 0.3 is 0 Å². The van der Waals surface area contributed by atoms with E-state index < -0.39 is 0 Å². The lowest BCUT2D eigenvalue weighted by molar-refractivity contribution is 0.0991. The number of carbonyl (C=O) groups is 1. The molecule has 0 spiro atoms. The van der Waals surface area contributed by atoms with Gasteiger partial charge in [0.2, 0.25) is 0 Å². The van der Waals surface area contributed by atoms with Crippen molar-refractivity contribution in [3.05, 3.63) is 47.4 Å². The molecule has 2 aromatic heterocycles. The van der Waals surface area contributed by atoms with Crippen molar-refractivity contribution < 1.29 is 4.79 Å². The topological polar surface area (TPSA) is 52.7 Å². The van der Waals surface area contributed by atoms with E-state index in [0.29, 0.717) is 12.0 Å². The number of carbonyl (C=O) groups excluding carboxylic acids is 1. The fourth-order valence-electron chi connectivity index (χ4n) is 2.70. The Morgan fingerprint density at radius 1 is 1.14 bits per heavy atom. The van der Waals surface area contributed by atoms with Crippen LogP contribution in [0, 0.1) is 0 Å². The first-order valence-electron chi connectivity index (χ1n) is 7.06. The van der Waals surface area contributed by atoms with Gasteiger partial charge in [-0.2, -0.15) is 10.2 Å². The van der Waals surface area contributed by atoms with E-state index in [2.05, 4.69) is 10.2 Å². The maximum absolute atomic E-state index is 12.6. The Morgan fingerprint density at radius 3 is 2.67 bits per heavy atom. The standard InChI is InChI=1S/C16H18N4O/c1-4-13-12(10-19(2)17-13)16(21)9-14-11-7-5-6-8-15(11)20(3)18-14/h5-8,10H,4,9H2,1-3H3. The zero-order chi connectivity index (χ0) is 15.0. The summed E-state index contributed by atoms with van der Waals surface area (Å²) >= 11 is 0. The number of aromatic nitrogens is 4. The normalized spacial score (nSPS) is 11.2. The number of nitrogens with zero attached hydrogens (tertiary/aromatic N) is 4. The molecule has 0 aliphatic carbocycles.